The molecule has 0 amide bonds. The van der Waals surface area contributed by atoms with Gasteiger partial charge in [-0.25, -0.2) is 4.98 Å². The fourth-order valence-electron chi connectivity index (χ4n) is 7.22. The molecule has 0 bridgehead atoms. The Morgan fingerprint density at radius 1 is 0.400 bits per heavy atom. The van der Waals surface area contributed by atoms with Gasteiger partial charge in [-0.3, -0.25) is 4.57 Å². The Balaban J connectivity index is 1.26. The molecule has 0 aliphatic rings. The highest BCUT2D eigenvalue weighted by molar-refractivity contribution is 6.17. The van der Waals surface area contributed by atoms with Gasteiger partial charge in [-0.15, -0.1) is 0 Å². The van der Waals surface area contributed by atoms with Gasteiger partial charge in [0.05, 0.1) is 11.0 Å². The fourth-order valence-corrected chi connectivity index (χ4v) is 7.22. The molecule has 50 heavy (non-hydrogen) atoms. The summed E-state index contributed by atoms with van der Waals surface area (Å²) in [7, 11) is 0. The van der Waals surface area contributed by atoms with Crippen molar-refractivity contribution in [2.75, 3.05) is 0 Å². The number of nitrogens with zero attached hydrogens (tertiary/aromatic N) is 4. The molecule has 5 nitrogen and oxygen atoms in total. The van der Waals surface area contributed by atoms with E-state index < -0.39 is 0 Å². The van der Waals surface area contributed by atoms with Crippen molar-refractivity contribution in [2.24, 2.45) is 0 Å². The Morgan fingerprint density at radius 2 is 0.980 bits per heavy atom. The van der Waals surface area contributed by atoms with Crippen LogP contribution in [-0.4, -0.2) is 19.5 Å². The van der Waals surface area contributed by atoms with Gasteiger partial charge in [0, 0.05) is 38.2 Å². The molecule has 3 heterocycles. The summed E-state index contributed by atoms with van der Waals surface area (Å²) in [6, 6.07) is 58.6. The number of fused-ring (bicyclic) bond motifs is 6. The summed E-state index contributed by atoms with van der Waals surface area (Å²) in [6.07, 6.45) is 0. The summed E-state index contributed by atoms with van der Waals surface area (Å²) < 4.78 is 8.56. The van der Waals surface area contributed by atoms with Gasteiger partial charge in [0.25, 0.3) is 0 Å². The van der Waals surface area contributed by atoms with E-state index in [4.69, 9.17) is 19.4 Å². The smallest absolute Gasteiger partial charge is 0.238 e. The van der Waals surface area contributed by atoms with E-state index >= 15 is 0 Å². The number of benzene rings is 7. The average Bonchev–Trinajstić information content (AvgIpc) is 3.74. The second-order valence-corrected chi connectivity index (χ2v) is 12.4. The summed E-state index contributed by atoms with van der Waals surface area (Å²) in [5.41, 5.74) is 10.2. The third-order valence-corrected chi connectivity index (χ3v) is 9.48. The Bertz CT molecular complexity index is 2800. The molecule has 5 heteroatoms. The SMILES string of the molecule is c1ccc(-c2nc(-c3ccccc3)nc(-n3c4ccccc4c4cc(-c5c(-c6ccccc6)ccc6oc7ccccc7c56)ccc43)n2)cc1. The van der Waals surface area contributed by atoms with Crippen LogP contribution in [0.5, 0.6) is 0 Å². The molecule has 7 aromatic carbocycles. The second kappa shape index (κ2) is 11.4. The molecule has 10 aromatic rings. The maximum Gasteiger partial charge on any atom is 0.238 e. The molecular weight excluding hydrogens is 613 g/mol. The van der Waals surface area contributed by atoms with E-state index in [9.17, 15) is 0 Å². The molecule has 0 radical (unpaired) electrons. The van der Waals surface area contributed by atoms with E-state index in [1.807, 2.05) is 72.8 Å². The highest BCUT2D eigenvalue weighted by Crippen LogP contribution is 2.44. The molecule has 0 N–H and O–H groups in total. The minimum Gasteiger partial charge on any atom is -0.456 e. The number of hydrogen-bond donors (Lipinski definition) is 0. The van der Waals surface area contributed by atoms with Gasteiger partial charge in [0.15, 0.2) is 11.6 Å². The number of furan rings is 1. The summed E-state index contributed by atoms with van der Waals surface area (Å²) >= 11 is 0. The Labute approximate surface area is 287 Å². The van der Waals surface area contributed by atoms with Gasteiger partial charge in [0.1, 0.15) is 11.2 Å². The van der Waals surface area contributed by atoms with Gasteiger partial charge in [-0.2, -0.15) is 9.97 Å². The van der Waals surface area contributed by atoms with Gasteiger partial charge < -0.3 is 4.42 Å². The monoisotopic (exact) mass is 640 g/mol. The number of hydrogen-bond acceptors (Lipinski definition) is 4. The van der Waals surface area contributed by atoms with Crippen LogP contribution >= 0.6 is 0 Å². The highest BCUT2D eigenvalue weighted by atomic mass is 16.3. The van der Waals surface area contributed by atoms with Gasteiger partial charge in [-0.1, -0.05) is 140 Å². The van der Waals surface area contributed by atoms with E-state index in [0.717, 1.165) is 77.1 Å². The molecule has 0 aliphatic carbocycles. The number of rotatable bonds is 5. The largest absolute Gasteiger partial charge is 0.456 e. The van der Waals surface area contributed by atoms with E-state index in [1.165, 1.54) is 0 Å². The number of aromatic nitrogens is 4. The lowest BCUT2D eigenvalue weighted by molar-refractivity contribution is 0.669. The van der Waals surface area contributed by atoms with Crippen molar-refractivity contribution in [3.63, 3.8) is 0 Å². The molecule has 0 saturated carbocycles. The van der Waals surface area contributed by atoms with Gasteiger partial charge in [-0.05, 0) is 47.0 Å². The van der Waals surface area contributed by atoms with Crippen LogP contribution in [0.15, 0.2) is 174 Å². The highest BCUT2D eigenvalue weighted by Gasteiger charge is 2.21. The maximum atomic E-state index is 6.39. The lowest BCUT2D eigenvalue weighted by Crippen LogP contribution is -2.06. The molecule has 0 aliphatic heterocycles. The van der Waals surface area contributed by atoms with E-state index in [0.29, 0.717) is 17.6 Å². The van der Waals surface area contributed by atoms with Gasteiger partial charge in [0.2, 0.25) is 5.95 Å². The predicted octanol–water partition coefficient (Wildman–Crippen LogP) is 11.5. The predicted molar refractivity (Wildman–Crippen MR) is 203 cm³/mol. The zero-order valence-corrected chi connectivity index (χ0v) is 26.9. The lowest BCUT2D eigenvalue weighted by atomic mass is 9.90. The van der Waals surface area contributed by atoms with Crippen molar-refractivity contribution in [3.05, 3.63) is 170 Å². The third-order valence-electron chi connectivity index (χ3n) is 9.48. The van der Waals surface area contributed by atoms with Gasteiger partial charge >= 0.3 is 0 Å². The minimum absolute atomic E-state index is 0.574. The molecule has 0 saturated heterocycles. The molecule has 0 fully saturated rings. The van der Waals surface area contributed by atoms with Crippen LogP contribution < -0.4 is 0 Å². The average molecular weight is 641 g/mol. The van der Waals surface area contributed by atoms with E-state index in [-0.39, 0.29) is 0 Å². The van der Waals surface area contributed by atoms with Crippen LogP contribution in [-0.2, 0) is 0 Å². The first-order valence-corrected chi connectivity index (χ1v) is 16.7. The zero-order chi connectivity index (χ0) is 33.0. The van der Waals surface area contributed by atoms with Crippen molar-refractivity contribution in [2.45, 2.75) is 0 Å². The van der Waals surface area contributed by atoms with Crippen molar-refractivity contribution in [1.82, 2.24) is 19.5 Å². The van der Waals surface area contributed by atoms with Crippen molar-refractivity contribution >= 4 is 43.7 Å². The number of para-hydroxylation sites is 2. The van der Waals surface area contributed by atoms with Crippen molar-refractivity contribution in [1.29, 1.82) is 0 Å². The lowest BCUT2D eigenvalue weighted by Gasteiger charge is -2.13. The van der Waals surface area contributed by atoms with Crippen molar-refractivity contribution in [3.8, 4) is 51.0 Å². The standard InChI is InChI=1S/C45H28N4O/c1-4-14-29(15-5-1)33-25-27-40-42(35-21-11-13-23-39(35)50-40)41(33)32-24-26-38-36(28-32)34-20-10-12-22-37(34)49(38)45-47-43(30-16-6-2-7-17-30)46-44(48-45)31-18-8-3-9-19-31/h1-28H. The van der Waals surface area contributed by atoms with Crippen LogP contribution in [0.4, 0.5) is 0 Å². The Kier molecular flexibility index (Phi) is 6.42. The van der Waals surface area contributed by atoms with Crippen LogP contribution in [0, 0.1) is 0 Å². The summed E-state index contributed by atoms with van der Waals surface area (Å²) in [5.74, 6) is 1.83. The molecule has 0 unspecified atom stereocenters. The summed E-state index contributed by atoms with van der Waals surface area (Å²) in [5, 5.41) is 4.45. The minimum atomic E-state index is 0.574. The van der Waals surface area contributed by atoms with Crippen LogP contribution in [0.1, 0.15) is 0 Å². The first-order chi connectivity index (χ1) is 24.8. The quantitative estimate of drug-likeness (QED) is 0.188. The Hall–Kier alpha value is -6.85. The molecule has 0 spiro atoms. The van der Waals surface area contributed by atoms with E-state index in [1.54, 1.807) is 0 Å². The first kappa shape index (κ1) is 28.2. The summed E-state index contributed by atoms with van der Waals surface area (Å²) in [6.45, 7) is 0. The van der Waals surface area contributed by atoms with E-state index in [2.05, 4.69) is 102 Å². The maximum absolute atomic E-state index is 6.39. The zero-order valence-electron chi connectivity index (χ0n) is 26.9. The van der Waals surface area contributed by atoms with Crippen LogP contribution in [0.3, 0.4) is 0 Å². The molecule has 0 atom stereocenters. The molecule has 10 rings (SSSR count). The van der Waals surface area contributed by atoms with Crippen molar-refractivity contribution < 1.29 is 4.42 Å². The first-order valence-electron chi connectivity index (χ1n) is 16.7. The molecule has 3 aromatic heterocycles. The van der Waals surface area contributed by atoms with Crippen LogP contribution in [0.25, 0.3) is 94.7 Å². The van der Waals surface area contributed by atoms with Crippen LogP contribution in [0.2, 0.25) is 0 Å². The second-order valence-electron chi connectivity index (χ2n) is 12.4. The topological polar surface area (TPSA) is 56.7 Å². The molecule has 234 valence electrons. The fraction of sp³-hybridized carbons (Fsp3) is 0. The normalized spacial score (nSPS) is 11.6. The Morgan fingerprint density at radius 3 is 1.68 bits per heavy atom. The third kappa shape index (κ3) is 4.52. The summed E-state index contributed by atoms with van der Waals surface area (Å²) in [4.78, 5) is 15.1. The molecular formula is C45H28N4O.